The van der Waals surface area contributed by atoms with Gasteiger partial charge in [0.05, 0.1) is 23.9 Å². The van der Waals surface area contributed by atoms with Gasteiger partial charge in [-0.2, -0.15) is 13.2 Å². The Kier molecular flexibility index (Phi) is 8.17. The molecule has 180 valence electrons. The Bertz CT molecular complexity index is 816. The second-order valence-corrected chi connectivity index (χ2v) is 8.97. The normalized spacial score (nSPS) is 16.6. The van der Waals surface area contributed by atoms with Crippen molar-refractivity contribution in [2.75, 3.05) is 56.7 Å². The molecule has 1 aliphatic heterocycles. The second-order valence-electron chi connectivity index (χ2n) is 8.97. The van der Waals surface area contributed by atoms with E-state index in [0.717, 1.165) is 13.1 Å². The number of likely N-dealkylation sites (N-methyl/N-ethyl adjacent to an activating group) is 1. The van der Waals surface area contributed by atoms with Gasteiger partial charge in [-0.05, 0) is 52.9 Å². The van der Waals surface area contributed by atoms with Gasteiger partial charge in [-0.3, -0.25) is 9.69 Å². The van der Waals surface area contributed by atoms with Crippen LogP contribution in [0.25, 0.3) is 0 Å². The van der Waals surface area contributed by atoms with E-state index >= 15 is 0 Å². The van der Waals surface area contributed by atoms with Gasteiger partial charge in [0.2, 0.25) is 0 Å². The van der Waals surface area contributed by atoms with Crippen molar-refractivity contribution >= 4 is 23.3 Å². The lowest BCUT2D eigenvalue weighted by Crippen LogP contribution is -2.49. The lowest BCUT2D eigenvalue weighted by atomic mass is 10.1. The average Bonchev–Trinajstić information content (AvgIpc) is 2.66. The molecule has 0 radical (unpaired) electrons. The second kappa shape index (κ2) is 10.1. The Labute approximate surface area is 187 Å². The molecule has 32 heavy (non-hydrogen) atoms. The van der Waals surface area contributed by atoms with E-state index in [4.69, 9.17) is 9.47 Å². The number of carbonyl (C=O) groups is 2. The minimum absolute atomic E-state index is 0.113. The Morgan fingerprint density at radius 3 is 2.22 bits per heavy atom. The van der Waals surface area contributed by atoms with Crippen molar-refractivity contribution in [3.05, 3.63) is 23.8 Å². The number of hydrogen-bond acceptors (Lipinski definition) is 6. The Balaban J connectivity index is 2.61. The number of halogens is 3. The fraction of sp³-hybridized carbons (Fsp3) is 0.636. The van der Waals surface area contributed by atoms with Crippen molar-refractivity contribution in [3.63, 3.8) is 0 Å². The van der Waals surface area contributed by atoms with Gasteiger partial charge in [0, 0.05) is 39.0 Å². The zero-order valence-electron chi connectivity index (χ0n) is 19.5. The van der Waals surface area contributed by atoms with E-state index in [1.807, 2.05) is 11.9 Å². The van der Waals surface area contributed by atoms with Crippen LogP contribution in [0.3, 0.4) is 0 Å². The topological polar surface area (TPSA) is 62.3 Å². The highest BCUT2D eigenvalue weighted by atomic mass is 19.4. The highest BCUT2D eigenvalue weighted by molar-refractivity contribution is 6.05. The average molecular weight is 460 g/mol. The molecule has 1 aromatic carbocycles. The monoisotopic (exact) mass is 459 g/mol. The summed E-state index contributed by atoms with van der Waals surface area (Å²) in [7, 11) is 3.33. The number of rotatable bonds is 6. The van der Waals surface area contributed by atoms with Crippen LogP contribution in [0.4, 0.5) is 24.5 Å². The van der Waals surface area contributed by atoms with Gasteiger partial charge in [-0.15, -0.1) is 0 Å². The SMILES string of the molecule is COC[C@H](C)N(C(=O)C(F)(F)F)c1cc(N2CCN(C)CC2)ccc1C(=O)OC(C)(C)C. The molecule has 0 bridgehead atoms. The predicted molar refractivity (Wildman–Crippen MR) is 116 cm³/mol. The summed E-state index contributed by atoms with van der Waals surface area (Å²) in [6, 6.07) is 3.58. The lowest BCUT2D eigenvalue weighted by Gasteiger charge is -2.36. The van der Waals surface area contributed by atoms with Crippen LogP contribution in [0.2, 0.25) is 0 Å². The molecule has 0 spiro atoms. The van der Waals surface area contributed by atoms with Crippen LogP contribution in [-0.2, 0) is 14.3 Å². The quantitative estimate of drug-likeness (QED) is 0.609. The third kappa shape index (κ3) is 6.59. The number of amides is 1. The number of ether oxygens (including phenoxy) is 2. The molecule has 1 aliphatic rings. The summed E-state index contributed by atoms with van der Waals surface area (Å²) in [4.78, 5) is 30.1. The third-order valence-electron chi connectivity index (χ3n) is 5.04. The van der Waals surface area contributed by atoms with Gasteiger partial charge in [0.25, 0.3) is 0 Å². The van der Waals surface area contributed by atoms with Crippen molar-refractivity contribution in [2.24, 2.45) is 0 Å². The molecule has 1 saturated heterocycles. The number of methoxy groups -OCH3 is 1. The zero-order valence-corrected chi connectivity index (χ0v) is 19.5. The van der Waals surface area contributed by atoms with Crippen molar-refractivity contribution in [1.29, 1.82) is 0 Å². The van der Waals surface area contributed by atoms with E-state index in [2.05, 4.69) is 4.90 Å². The molecule has 0 N–H and O–H groups in total. The molecular weight excluding hydrogens is 427 g/mol. The molecule has 1 amide bonds. The van der Waals surface area contributed by atoms with Crippen LogP contribution in [-0.4, -0.2) is 81.5 Å². The van der Waals surface area contributed by atoms with Crippen LogP contribution < -0.4 is 9.80 Å². The molecule has 0 aliphatic carbocycles. The van der Waals surface area contributed by atoms with E-state index in [1.165, 1.54) is 26.2 Å². The molecule has 2 rings (SSSR count). The lowest BCUT2D eigenvalue weighted by molar-refractivity contribution is -0.171. The van der Waals surface area contributed by atoms with Crippen LogP contribution >= 0.6 is 0 Å². The van der Waals surface area contributed by atoms with Crippen LogP contribution in [0.1, 0.15) is 38.1 Å². The van der Waals surface area contributed by atoms with Gasteiger partial charge >= 0.3 is 18.1 Å². The van der Waals surface area contributed by atoms with Gasteiger partial charge in [0.15, 0.2) is 0 Å². The molecule has 0 unspecified atom stereocenters. The highest BCUT2D eigenvalue weighted by Crippen LogP contribution is 2.33. The summed E-state index contributed by atoms with van der Waals surface area (Å²) in [6.45, 7) is 9.19. The number of anilines is 2. The van der Waals surface area contributed by atoms with E-state index in [1.54, 1.807) is 26.8 Å². The summed E-state index contributed by atoms with van der Waals surface area (Å²) in [5.41, 5.74) is -0.493. The van der Waals surface area contributed by atoms with Gasteiger partial charge in [-0.25, -0.2) is 4.79 Å². The largest absolute Gasteiger partial charge is 0.471 e. The minimum atomic E-state index is -5.13. The summed E-state index contributed by atoms with van der Waals surface area (Å²) in [5.74, 6) is -2.87. The number of carbonyl (C=O) groups excluding carboxylic acids is 2. The number of hydrogen-bond donors (Lipinski definition) is 0. The summed E-state index contributed by atoms with van der Waals surface area (Å²) in [6.07, 6.45) is -5.13. The maximum absolute atomic E-state index is 13.5. The number of alkyl halides is 3. The maximum atomic E-state index is 13.5. The van der Waals surface area contributed by atoms with Gasteiger partial charge in [0.1, 0.15) is 5.60 Å². The fourth-order valence-electron chi connectivity index (χ4n) is 3.49. The van der Waals surface area contributed by atoms with Gasteiger partial charge < -0.3 is 19.3 Å². The van der Waals surface area contributed by atoms with Crippen molar-refractivity contribution in [3.8, 4) is 0 Å². The minimum Gasteiger partial charge on any atom is -0.456 e. The molecule has 1 fully saturated rings. The molecule has 10 heteroatoms. The molecule has 1 aromatic rings. The van der Waals surface area contributed by atoms with Crippen LogP contribution in [0.15, 0.2) is 18.2 Å². The van der Waals surface area contributed by atoms with Crippen LogP contribution in [0.5, 0.6) is 0 Å². The van der Waals surface area contributed by atoms with Gasteiger partial charge in [-0.1, -0.05) is 0 Å². The first-order valence-corrected chi connectivity index (χ1v) is 10.4. The standard InChI is InChI=1S/C22H32F3N3O4/c1-15(14-31-6)28(20(30)22(23,24)25)18-13-16(27-11-9-26(5)10-12-27)7-8-17(18)19(29)32-21(2,3)4/h7-8,13,15H,9-12,14H2,1-6H3/t15-/m0/s1. The first kappa shape index (κ1) is 25.9. The Hall–Kier alpha value is -2.33. The Morgan fingerprint density at radius 1 is 1.12 bits per heavy atom. The summed E-state index contributed by atoms with van der Waals surface area (Å²) >= 11 is 0. The smallest absolute Gasteiger partial charge is 0.456 e. The van der Waals surface area contributed by atoms with E-state index in [0.29, 0.717) is 23.7 Å². The van der Waals surface area contributed by atoms with Crippen molar-refractivity contribution < 1.29 is 32.2 Å². The highest BCUT2D eigenvalue weighted by Gasteiger charge is 2.45. The maximum Gasteiger partial charge on any atom is 0.471 e. The first-order chi connectivity index (χ1) is 14.7. The van der Waals surface area contributed by atoms with E-state index in [9.17, 15) is 22.8 Å². The molecule has 1 heterocycles. The fourth-order valence-corrected chi connectivity index (χ4v) is 3.49. The number of esters is 1. The predicted octanol–water partition coefficient (Wildman–Crippen LogP) is 3.32. The third-order valence-corrected chi connectivity index (χ3v) is 5.04. The Morgan fingerprint density at radius 2 is 1.72 bits per heavy atom. The molecular formula is C22H32F3N3O4. The van der Waals surface area contributed by atoms with Crippen LogP contribution in [0, 0.1) is 0 Å². The summed E-state index contributed by atoms with van der Waals surface area (Å²) in [5, 5.41) is 0. The van der Waals surface area contributed by atoms with Crippen molar-refractivity contribution in [1.82, 2.24) is 4.90 Å². The number of nitrogens with zero attached hydrogens (tertiary/aromatic N) is 3. The van der Waals surface area contributed by atoms with Crippen molar-refractivity contribution in [2.45, 2.75) is 45.5 Å². The van der Waals surface area contributed by atoms with E-state index < -0.39 is 29.7 Å². The number of benzene rings is 1. The number of piperazine rings is 1. The molecule has 1 atom stereocenters. The first-order valence-electron chi connectivity index (χ1n) is 10.4. The molecule has 7 nitrogen and oxygen atoms in total. The molecule has 0 aromatic heterocycles. The molecule has 0 saturated carbocycles. The van der Waals surface area contributed by atoms with E-state index in [-0.39, 0.29) is 17.9 Å². The summed E-state index contributed by atoms with van der Waals surface area (Å²) < 4.78 is 51.0. The zero-order chi connectivity index (χ0) is 24.3.